The van der Waals surface area contributed by atoms with Crippen molar-refractivity contribution in [3.8, 4) is 11.3 Å². The molecule has 1 aromatic heterocycles. The van der Waals surface area contributed by atoms with Gasteiger partial charge in [-0.3, -0.25) is 13.9 Å². The molecule has 0 amide bonds. The van der Waals surface area contributed by atoms with Crippen molar-refractivity contribution in [3.63, 3.8) is 0 Å². The molecular weight excluding hydrogens is 367 g/mol. The van der Waals surface area contributed by atoms with Crippen molar-refractivity contribution < 1.29 is 4.39 Å². The minimum absolute atomic E-state index is 0.191. The average Bonchev–Trinajstić information content (AvgIpc) is 2.75. The van der Waals surface area contributed by atoms with Gasteiger partial charge in [0.05, 0.1) is 18.8 Å². The second-order valence-electron chi connectivity index (χ2n) is 6.80. The number of benzene rings is 3. The molecule has 0 unspecified atom stereocenters. The van der Waals surface area contributed by atoms with Crippen molar-refractivity contribution in [1.82, 2.24) is 9.13 Å². The first-order chi connectivity index (χ1) is 14.1. The Kier molecular flexibility index (Phi) is 5.20. The number of halogens is 1. The van der Waals surface area contributed by atoms with Gasteiger partial charge in [0.15, 0.2) is 0 Å². The van der Waals surface area contributed by atoms with Gasteiger partial charge in [-0.15, -0.1) is 0 Å². The summed E-state index contributed by atoms with van der Waals surface area (Å²) in [5.74, 6) is -0.372. The monoisotopic (exact) mass is 386 g/mol. The molecule has 29 heavy (non-hydrogen) atoms. The first kappa shape index (κ1) is 18.6. The molecule has 0 aliphatic carbocycles. The smallest absolute Gasteiger partial charge is 0.289 e. The van der Waals surface area contributed by atoms with Crippen molar-refractivity contribution in [2.24, 2.45) is 0 Å². The number of aromatic nitrogens is 2. The van der Waals surface area contributed by atoms with Crippen LogP contribution in [0, 0.1) is 5.82 Å². The van der Waals surface area contributed by atoms with Gasteiger partial charge in [0.1, 0.15) is 5.82 Å². The summed E-state index contributed by atoms with van der Waals surface area (Å²) < 4.78 is 16.2. The van der Waals surface area contributed by atoms with Gasteiger partial charge in [-0.25, -0.2) is 9.18 Å². The maximum absolute atomic E-state index is 13.4. The average molecular weight is 386 g/mol. The highest BCUT2D eigenvalue weighted by molar-refractivity contribution is 5.59. The SMILES string of the molecule is O=c1cc(-c2ccc(F)cc2)n(Cc2ccccc2)c(=O)n1Cc1ccccc1. The van der Waals surface area contributed by atoms with Gasteiger partial charge in [-0.05, 0) is 41.0 Å². The highest BCUT2D eigenvalue weighted by Crippen LogP contribution is 2.18. The zero-order chi connectivity index (χ0) is 20.2. The number of hydrogen-bond acceptors (Lipinski definition) is 2. The highest BCUT2D eigenvalue weighted by Gasteiger charge is 2.14. The predicted octanol–water partition coefficient (Wildman–Crippen LogP) is 3.91. The molecule has 144 valence electrons. The van der Waals surface area contributed by atoms with Crippen molar-refractivity contribution >= 4 is 0 Å². The van der Waals surface area contributed by atoms with E-state index in [1.165, 1.54) is 22.8 Å². The van der Waals surface area contributed by atoms with Crippen LogP contribution in [0.2, 0.25) is 0 Å². The Hall–Kier alpha value is -3.73. The minimum Gasteiger partial charge on any atom is -0.289 e. The largest absolute Gasteiger partial charge is 0.332 e. The van der Waals surface area contributed by atoms with Crippen molar-refractivity contribution in [2.75, 3.05) is 0 Å². The lowest BCUT2D eigenvalue weighted by atomic mass is 10.1. The second-order valence-corrected chi connectivity index (χ2v) is 6.80. The first-order valence-corrected chi connectivity index (χ1v) is 9.30. The van der Waals surface area contributed by atoms with Gasteiger partial charge < -0.3 is 0 Å². The molecular formula is C24H19FN2O2. The Labute approximate surface area is 167 Å². The van der Waals surface area contributed by atoms with Gasteiger partial charge >= 0.3 is 5.69 Å². The van der Waals surface area contributed by atoms with Crippen LogP contribution in [0.4, 0.5) is 4.39 Å². The molecule has 4 rings (SSSR count). The number of rotatable bonds is 5. The van der Waals surface area contributed by atoms with Crippen LogP contribution in [0.25, 0.3) is 11.3 Å². The molecule has 0 radical (unpaired) electrons. The summed E-state index contributed by atoms with van der Waals surface area (Å²) in [5, 5.41) is 0. The van der Waals surface area contributed by atoms with Crippen molar-refractivity contribution in [2.45, 2.75) is 13.1 Å². The van der Waals surface area contributed by atoms with Gasteiger partial charge in [0.25, 0.3) is 5.56 Å². The van der Waals surface area contributed by atoms with E-state index in [0.29, 0.717) is 17.8 Å². The normalized spacial score (nSPS) is 10.8. The Bertz CT molecular complexity index is 1230. The molecule has 0 saturated carbocycles. The van der Waals surface area contributed by atoms with Crippen LogP contribution in [-0.4, -0.2) is 9.13 Å². The Morgan fingerprint density at radius 3 is 1.72 bits per heavy atom. The van der Waals surface area contributed by atoms with Crippen LogP contribution in [0.5, 0.6) is 0 Å². The lowest BCUT2D eigenvalue weighted by molar-refractivity contribution is 0.616. The van der Waals surface area contributed by atoms with E-state index in [2.05, 4.69) is 0 Å². The molecule has 0 saturated heterocycles. The molecule has 0 aliphatic heterocycles. The summed E-state index contributed by atoms with van der Waals surface area (Å²) in [5.41, 5.74) is 2.10. The third kappa shape index (κ3) is 4.09. The number of hydrogen-bond donors (Lipinski definition) is 0. The molecule has 0 spiro atoms. The maximum atomic E-state index is 13.4. The third-order valence-electron chi connectivity index (χ3n) is 4.79. The van der Waals surface area contributed by atoms with Crippen LogP contribution in [0.15, 0.2) is 101 Å². The molecule has 0 N–H and O–H groups in total. The maximum Gasteiger partial charge on any atom is 0.332 e. The third-order valence-corrected chi connectivity index (χ3v) is 4.79. The van der Waals surface area contributed by atoms with Crippen LogP contribution < -0.4 is 11.2 Å². The summed E-state index contributed by atoms with van der Waals surface area (Å²) in [6.07, 6.45) is 0. The van der Waals surface area contributed by atoms with Crippen molar-refractivity contribution in [3.05, 3.63) is 129 Å². The molecule has 5 heteroatoms. The van der Waals surface area contributed by atoms with E-state index in [1.807, 2.05) is 60.7 Å². The fourth-order valence-electron chi connectivity index (χ4n) is 3.31. The lowest BCUT2D eigenvalue weighted by Crippen LogP contribution is -2.40. The van der Waals surface area contributed by atoms with E-state index < -0.39 is 5.69 Å². The Morgan fingerprint density at radius 1 is 0.655 bits per heavy atom. The van der Waals surface area contributed by atoms with Gasteiger partial charge in [-0.1, -0.05) is 60.7 Å². The van der Waals surface area contributed by atoms with E-state index in [4.69, 9.17) is 0 Å². The number of nitrogens with zero attached hydrogens (tertiary/aromatic N) is 2. The molecule has 0 bridgehead atoms. The van der Waals surface area contributed by atoms with Crippen LogP contribution in [0.1, 0.15) is 11.1 Å². The van der Waals surface area contributed by atoms with E-state index in [-0.39, 0.29) is 17.9 Å². The van der Waals surface area contributed by atoms with Crippen LogP contribution in [0.3, 0.4) is 0 Å². The van der Waals surface area contributed by atoms with Crippen LogP contribution in [-0.2, 0) is 13.1 Å². The van der Waals surface area contributed by atoms with E-state index in [1.54, 1.807) is 16.7 Å². The summed E-state index contributed by atoms with van der Waals surface area (Å²) in [4.78, 5) is 26.1. The van der Waals surface area contributed by atoms with Gasteiger partial charge in [0.2, 0.25) is 0 Å². The van der Waals surface area contributed by atoms with Gasteiger partial charge in [-0.2, -0.15) is 0 Å². The molecule has 1 heterocycles. The summed E-state index contributed by atoms with van der Waals surface area (Å²) in [6, 6.07) is 26.2. The molecule has 4 nitrogen and oxygen atoms in total. The second kappa shape index (κ2) is 8.10. The Balaban J connectivity index is 1.87. The predicted molar refractivity (Wildman–Crippen MR) is 111 cm³/mol. The molecule has 0 fully saturated rings. The summed E-state index contributed by atoms with van der Waals surface area (Å²) in [7, 11) is 0. The van der Waals surface area contributed by atoms with Crippen molar-refractivity contribution in [1.29, 1.82) is 0 Å². The molecule has 3 aromatic carbocycles. The molecule has 4 aromatic rings. The topological polar surface area (TPSA) is 44.0 Å². The first-order valence-electron chi connectivity index (χ1n) is 9.30. The summed E-state index contributed by atoms with van der Waals surface area (Å²) in [6.45, 7) is 0.498. The van der Waals surface area contributed by atoms with E-state index in [9.17, 15) is 14.0 Å². The lowest BCUT2D eigenvalue weighted by Gasteiger charge is -2.16. The fraction of sp³-hybridized carbons (Fsp3) is 0.0833. The van der Waals surface area contributed by atoms with E-state index in [0.717, 1.165) is 11.1 Å². The quantitative estimate of drug-likeness (QED) is 0.522. The van der Waals surface area contributed by atoms with E-state index >= 15 is 0 Å². The minimum atomic E-state index is -0.399. The van der Waals surface area contributed by atoms with Crippen LogP contribution >= 0.6 is 0 Å². The Morgan fingerprint density at radius 2 is 1.17 bits per heavy atom. The zero-order valence-electron chi connectivity index (χ0n) is 15.7. The molecule has 0 aliphatic rings. The molecule has 0 atom stereocenters. The standard InChI is InChI=1S/C24H19FN2O2/c25-21-13-11-20(12-14-21)22-15-23(28)27(17-19-9-5-2-6-10-19)24(29)26(22)16-18-7-3-1-4-8-18/h1-15H,16-17H2. The fourth-order valence-corrected chi connectivity index (χ4v) is 3.31. The highest BCUT2D eigenvalue weighted by atomic mass is 19.1. The zero-order valence-corrected chi connectivity index (χ0v) is 15.7. The van der Waals surface area contributed by atoms with Gasteiger partial charge in [0, 0.05) is 6.07 Å². The summed E-state index contributed by atoms with van der Waals surface area (Å²) >= 11 is 0.